The second-order valence-corrected chi connectivity index (χ2v) is 6.89. The Bertz CT molecular complexity index is 274. The first-order valence-corrected chi connectivity index (χ1v) is 7.58. The van der Waals surface area contributed by atoms with E-state index in [1.54, 1.807) is 0 Å². The smallest absolute Gasteiger partial charge is 0.0685 e. The fourth-order valence-corrected chi connectivity index (χ4v) is 4.30. The van der Waals surface area contributed by atoms with Crippen LogP contribution in [0.4, 0.5) is 0 Å². The fourth-order valence-electron chi connectivity index (χ4n) is 4.30. The van der Waals surface area contributed by atoms with E-state index in [9.17, 15) is 0 Å². The van der Waals surface area contributed by atoms with Crippen LogP contribution >= 0.6 is 0 Å². The van der Waals surface area contributed by atoms with E-state index in [1.165, 1.54) is 51.4 Å². The van der Waals surface area contributed by atoms with Crippen LogP contribution in [0.1, 0.15) is 58.3 Å². The van der Waals surface area contributed by atoms with Gasteiger partial charge in [0.2, 0.25) is 0 Å². The molecule has 2 heteroatoms. The highest BCUT2D eigenvalue weighted by Gasteiger charge is 2.45. The third-order valence-corrected chi connectivity index (χ3v) is 5.62. The summed E-state index contributed by atoms with van der Waals surface area (Å²) >= 11 is 0. The van der Waals surface area contributed by atoms with Gasteiger partial charge in [-0.15, -0.1) is 0 Å². The van der Waals surface area contributed by atoms with E-state index < -0.39 is 0 Å². The zero-order valence-corrected chi connectivity index (χ0v) is 11.2. The van der Waals surface area contributed by atoms with E-state index >= 15 is 0 Å². The van der Waals surface area contributed by atoms with Crippen LogP contribution in [0.15, 0.2) is 0 Å². The quantitative estimate of drug-likeness (QED) is 0.801. The van der Waals surface area contributed by atoms with Crippen molar-refractivity contribution < 1.29 is 4.74 Å². The maximum atomic E-state index is 6.56. The Labute approximate surface area is 105 Å². The fraction of sp³-hybridized carbons (Fsp3) is 1.00. The molecule has 3 fully saturated rings. The van der Waals surface area contributed by atoms with Crippen molar-refractivity contribution in [3.63, 3.8) is 0 Å². The molecule has 0 radical (unpaired) electrons. The van der Waals surface area contributed by atoms with Crippen LogP contribution in [0.3, 0.4) is 0 Å². The van der Waals surface area contributed by atoms with E-state index in [-0.39, 0.29) is 5.60 Å². The molecule has 1 saturated heterocycles. The third kappa shape index (κ3) is 2.26. The zero-order valence-electron chi connectivity index (χ0n) is 11.2. The SMILES string of the molecule is CC1CCC(C(N)C2CCOC3(CCC3)C2)C1. The summed E-state index contributed by atoms with van der Waals surface area (Å²) in [5, 5.41) is 0. The van der Waals surface area contributed by atoms with Crippen molar-refractivity contribution in [3.8, 4) is 0 Å². The van der Waals surface area contributed by atoms with Crippen molar-refractivity contribution in [1.82, 2.24) is 0 Å². The van der Waals surface area contributed by atoms with Gasteiger partial charge < -0.3 is 10.5 Å². The number of nitrogens with two attached hydrogens (primary N) is 1. The van der Waals surface area contributed by atoms with Crippen molar-refractivity contribution in [1.29, 1.82) is 0 Å². The standard InChI is InChI=1S/C15H27NO/c1-11-3-4-12(9-11)14(16)13-5-8-17-15(10-13)6-2-7-15/h11-14H,2-10,16H2,1H3. The summed E-state index contributed by atoms with van der Waals surface area (Å²) in [4.78, 5) is 0. The minimum atomic E-state index is 0.269. The van der Waals surface area contributed by atoms with Crippen molar-refractivity contribution in [2.45, 2.75) is 69.9 Å². The highest BCUT2D eigenvalue weighted by Crippen LogP contribution is 2.46. The van der Waals surface area contributed by atoms with Crippen molar-refractivity contribution in [3.05, 3.63) is 0 Å². The van der Waals surface area contributed by atoms with E-state index in [0.717, 1.165) is 24.4 Å². The van der Waals surface area contributed by atoms with Gasteiger partial charge in [-0.25, -0.2) is 0 Å². The minimum Gasteiger partial charge on any atom is -0.375 e. The summed E-state index contributed by atoms with van der Waals surface area (Å²) in [6.07, 6.45) is 10.5. The van der Waals surface area contributed by atoms with Gasteiger partial charge in [0.05, 0.1) is 5.60 Å². The van der Waals surface area contributed by atoms with Crippen LogP contribution < -0.4 is 5.73 Å². The molecule has 0 aromatic heterocycles. The molecular weight excluding hydrogens is 210 g/mol. The van der Waals surface area contributed by atoms with Gasteiger partial charge in [0, 0.05) is 12.6 Å². The summed E-state index contributed by atoms with van der Waals surface area (Å²) in [5.74, 6) is 2.44. The second kappa shape index (κ2) is 4.55. The average molecular weight is 237 g/mol. The van der Waals surface area contributed by atoms with Crippen LogP contribution in [0.2, 0.25) is 0 Å². The Hall–Kier alpha value is -0.0800. The summed E-state index contributed by atoms with van der Waals surface area (Å²) in [7, 11) is 0. The Balaban J connectivity index is 1.59. The Morgan fingerprint density at radius 1 is 1.18 bits per heavy atom. The molecular formula is C15H27NO. The van der Waals surface area contributed by atoms with Gasteiger partial charge in [-0.05, 0) is 62.7 Å². The molecule has 4 unspecified atom stereocenters. The van der Waals surface area contributed by atoms with Gasteiger partial charge in [-0.2, -0.15) is 0 Å². The molecule has 2 saturated carbocycles. The molecule has 0 bridgehead atoms. The number of hydrogen-bond donors (Lipinski definition) is 1. The summed E-state index contributed by atoms with van der Waals surface area (Å²) in [5.41, 5.74) is 6.83. The number of hydrogen-bond acceptors (Lipinski definition) is 2. The predicted octanol–water partition coefficient (Wildman–Crippen LogP) is 3.10. The van der Waals surface area contributed by atoms with Crippen LogP contribution in [-0.4, -0.2) is 18.2 Å². The largest absolute Gasteiger partial charge is 0.375 e. The maximum Gasteiger partial charge on any atom is 0.0685 e. The monoisotopic (exact) mass is 237 g/mol. The lowest BCUT2D eigenvalue weighted by Crippen LogP contribution is -2.50. The van der Waals surface area contributed by atoms with E-state index in [0.29, 0.717) is 6.04 Å². The van der Waals surface area contributed by atoms with Gasteiger partial charge in [-0.3, -0.25) is 0 Å². The first-order valence-electron chi connectivity index (χ1n) is 7.58. The second-order valence-electron chi connectivity index (χ2n) is 6.89. The summed E-state index contributed by atoms with van der Waals surface area (Å²) in [6, 6.07) is 0.446. The molecule has 0 aromatic carbocycles. The Kier molecular flexibility index (Phi) is 3.20. The van der Waals surface area contributed by atoms with Crippen LogP contribution in [0.5, 0.6) is 0 Å². The lowest BCUT2D eigenvalue weighted by Gasteiger charge is -2.49. The first kappa shape index (κ1) is 12.0. The van der Waals surface area contributed by atoms with Gasteiger partial charge in [0.25, 0.3) is 0 Å². The van der Waals surface area contributed by atoms with Gasteiger partial charge in [0.15, 0.2) is 0 Å². The predicted molar refractivity (Wildman–Crippen MR) is 69.7 cm³/mol. The molecule has 0 amide bonds. The van der Waals surface area contributed by atoms with E-state index in [2.05, 4.69) is 6.92 Å². The van der Waals surface area contributed by atoms with Crippen molar-refractivity contribution in [2.24, 2.45) is 23.5 Å². The minimum absolute atomic E-state index is 0.269. The van der Waals surface area contributed by atoms with Gasteiger partial charge >= 0.3 is 0 Å². The lowest BCUT2D eigenvalue weighted by molar-refractivity contribution is -0.147. The Morgan fingerprint density at radius 2 is 2.00 bits per heavy atom. The number of rotatable bonds is 2. The van der Waals surface area contributed by atoms with Crippen LogP contribution in [0, 0.1) is 17.8 Å². The van der Waals surface area contributed by atoms with Crippen molar-refractivity contribution in [2.75, 3.05) is 6.61 Å². The molecule has 4 atom stereocenters. The molecule has 17 heavy (non-hydrogen) atoms. The highest BCUT2D eigenvalue weighted by atomic mass is 16.5. The van der Waals surface area contributed by atoms with Gasteiger partial charge in [0.1, 0.15) is 0 Å². The summed E-state index contributed by atoms with van der Waals surface area (Å²) < 4.78 is 6.01. The molecule has 1 heterocycles. The summed E-state index contributed by atoms with van der Waals surface area (Å²) in [6.45, 7) is 3.34. The zero-order chi connectivity index (χ0) is 11.9. The normalized spacial score (nSPS) is 42.4. The molecule has 0 aromatic rings. The Morgan fingerprint density at radius 3 is 2.59 bits per heavy atom. The van der Waals surface area contributed by atoms with E-state index in [4.69, 9.17) is 10.5 Å². The highest BCUT2D eigenvalue weighted by molar-refractivity contribution is 4.97. The van der Waals surface area contributed by atoms with Crippen LogP contribution in [0.25, 0.3) is 0 Å². The third-order valence-electron chi connectivity index (χ3n) is 5.62. The molecule has 2 N–H and O–H groups in total. The van der Waals surface area contributed by atoms with Gasteiger partial charge in [-0.1, -0.05) is 13.3 Å². The van der Waals surface area contributed by atoms with Crippen LogP contribution in [-0.2, 0) is 4.74 Å². The average Bonchev–Trinajstić information content (AvgIpc) is 2.73. The lowest BCUT2D eigenvalue weighted by atomic mass is 9.69. The molecule has 3 rings (SSSR count). The topological polar surface area (TPSA) is 35.2 Å². The number of ether oxygens (including phenoxy) is 1. The first-order chi connectivity index (χ1) is 8.19. The molecule has 2 aliphatic carbocycles. The van der Waals surface area contributed by atoms with Crippen molar-refractivity contribution >= 4 is 0 Å². The maximum absolute atomic E-state index is 6.56. The molecule has 1 spiro atoms. The molecule has 3 aliphatic rings. The molecule has 98 valence electrons. The molecule has 1 aliphatic heterocycles. The molecule has 2 nitrogen and oxygen atoms in total. The van der Waals surface area contributed by atoms with E-state index in [1.807, 2.05) is 0 Å².